The van der Waals surface area contributed by atoms with Crippen LogP contribution in [0.2, 0.25) is 0 Å². The third-order valence-electron chi connectivity index (χ3n) is 6.01. The molecule has 0 aliphatic heterocycles. The molecule has 0 saturated heterocycles. The molecule has 3 heterocycles. The molecule has 10 heteroatoms. The van der Waals surface area contributed by atoms with Gasteiger partial charge in [-0.25, -0.2) is 23.3 Å². The number of imidazole rings is 1. The van der Waals surface area contributed by atoms with Gasteiger partial charge in [0.25, 0.3) is 0 Å². The zero-order valence-corrected chi connectivity index (χ0v) is 18.8. The second-order valence-corrected chi connectivity index (χ2v) is 9.77. The van der Waals surface area contributed by atoms with Crippen LogP contribution in [-0.2, 0) is 24.6 Å². The van der Waals surface area contributed by atoms with E-state index in [1.165, 1.54) is 6.07 Å². The number of aromatic amines is 1. The molecule has 33 heavy (non-hydrogen) atoms. The van der Waals surface area contributed by atoms with E-state index in [4.69, 9.17) is 5.26 Å². The molecule has 168 valence electrons. The first-order valence-corrected chi connectivity index (χ1v) is 11.9. The summed E-state index contributed by atoms with van der Waals surface area (Å²) < 4.78 is 31.8. The highest BCUT2D eigenvalue weighted by Crippen LogP contribution is 2.49. The lowest BCUT2D eigenvalue weighted by Crippen LogP contribution is -2.24. The highest BCUT2D eigenvalue weighted by atomic mass is 32.2. The van der Waals surface area contributed by atoms with Crippen molar-refractivity contribution in [3.05, 3.63) is 54.2 Å². The SMILES string of the molecule is Cn1cc(-c2nc3nccc(-c4ccc(CNS(=O)CC5(CC#N)CC5)c(F)c4)c3[nH]2)cn1. The van der Waals surface area contributed by atoms with E-state index in [2.05, 4.69) is 30.8 Å². The largest absolute Gasteiger partial charge is 0.336 e. The molecule has 1 unspecified atom stereocenters. The number of nitrogens with zero attached hydrogens (tertiary/aromatic N) is 5. The lowest BCUT2D eigenvalue weighted by atomic mass is 10.0. The van der Waals surface area contributed by atoms with Gasteiger partial charge in [-0.2, -0.15) is 10.4 Å². The van der Waals surface area contributed by atoms with Crippen molar-refractivity contribution < 1.29 is 8.60 Å². The molecule has 8 nitrogen and oxygen atoms in total. The molecule has 1 aromatic carbocycles. The van der Waals surface area contributed by atoms with Gasteiger partial charge in [0.1, 0.15) is 11.6 Å². The van der Waals surface area contributed by atoms with Crippen LogP contribution in [0.25, 0.3) is 33.7 Å². The van der Waals surface area contributed by atoms with Crippen LogP contribution in [0.1, 0.15) is 24.8 Å². The molecule has 0 radical (unpaired) electrons. The van der Waals surface area contributed by atoms with E-state index in [-0.39, 0.29) is 17.8 Å². The van der Waals surface area contributed by atoms with Crippen LogP contribution < -0.4 is 4.72 Å². The number of nitrogens with one attached hydrogen (secondary N) is 2. The second kappa shape index (κ2) is 8.50. The number of aromatic nitrogens is 5. The van der Waals surface area contributed by atoms with Crippen LogP contribution in [0.4, 0.5) is 4.39 Å². The monoisotopic (exact) mass is 463 g/mol. The lowest BCUT2D eigenvalue weighted by Gasteiger charge is -2.12. The summed E-state index contributed by atoms with van der Waals surface area (Å²) in [5.41, 5.74) is 3.89. The van der Waals surface area contributed by atoms with E-state index >= 15 is 0 Å². The molecular formula is C23H22FN7OS. The third-order valence-corrected chi connectivity index (χ3v) is 7.35. The normalized spacial score (nSPS) is 15.4. The van der Waals surface area contributed by atoms with Crippen molar-refractivity contribution in [2.45, 2.75) is 25.8 Å². The molecule has 2 N–H and O–H groups in total. The van der Waals surface area contributed by atoms with Gasteiger partial charge in [-0.15, -0.1) is 0 Å². The van der Waals surface area contributed by atoms with Crippen LogP contribution in [0.3, 0.4) is 0 Å². The van der Waals surface area contributed by atoms with Gasteiger partial charge in [-0.3, -0.25) is 4.68 Å². The number of benzene rings is 1. The molecule has 1 atom stereocenters. The Morgan fingerprint density at radius 3 is 2.88 bits per heavy atom. The Balaban J connectivity index is 1.34. The van der Waals surface area contributed by atoms with Gasteiger partial charge in [0, 0.05) is 49.3 Å². The van der Waals surface area contributed by atoms with Gasteiger partial charge in [-0.05, 0) is 36.0 Å². The van der Waals surface area contributed by atoms with Crippen molar-refractivity contribution >= 4 is 22.1 Å². The van der Waals surface area contributed by atoms with Crippen LogP contribution in [-0.4, -0.2) is 34.7 Å². The van der Waals surface area contributed by atoms with Crippen molar-refractivity contribution in [1.82, 2.24) is 29.5 Å². The molecule has 1 fully saturated rings. The van der Waals surface area contributed by atoms with E-state index < -0.39 is 11.0 Å². The third kappa shape index (κ3) is 4.42. The number of rotatable bonds is 8. The van der Waals surface area contributed by atoms with Crippen molar-refractivity contribution in [3.63, 3.8) is 0 Å². The summed E-state index contributed by atoms with van der Waals surface area (Å²) in [4.78, 5) is 12.1. The van der Waals surface area contributed by atoms with Crippen LogP contribution >= 0.6 is 0 Å². The van der Waals surface area contributed by atoms with E-state index in [1.54, 1.807) is 23.1 Å². The van der Waals surface area contributed by atoms with Gasteiger partial charge in [-0.1, -0.05) is 12.1 Å². The molecule has 4 aromatic rings. The summed E-state index contributed by atoms with van der Waals surface area (Å²) in [5.74, 6) is 0.688. The standard InChI is InChI=1S/C23H22FN7OS/c1-31-13-17(11-27-31)21-29-20-18(4-9-26-22(20)30-21)15-2-3-16(19(24)10-15)12-28-33(32)14-23(5-6-23)7-8-25/h2-4,9-11,13,28H,5-7,12,14H2,1H3,(H,26,29,30). The molecule has 1 saturated carbocycles. The van der Waals surface area contributed by atoms with E-state index in [0.29, 0.717) is 34.8 Å². The van der Waals surface area contributed by atoms with Crippen LogP contribution in [0, 0.1) is 22.6 Å². The molecule has 1 aliphatic carbocycles. The Bertz CT molecular complexity index is 1400. The van der Waals surface area contributed by atoms with Crippen molar-refractivity contribution in [2.24, 2.45) is 12.5 Å². The number of fused-ring (bicyclic) bond motifs is 1. The number of nitriles is 1. The summed E-state index contributed by atoms with van der Waals surface area (Å²) in [6, 6.07) is 8.99. The smallest absolute Gasteiger partial charge is 0.178 e. The van der Waals surface area contributed by atoms with Gasteiger partial charge in [0.05, 0.1) is 34.3 Å². The quantitative estimate of drug-likeness (QED) is 0.415. The number of H-pyrrole nitrogens is 1. The summed E-state index contributed by atoms with van der Waals surface area (Å²) in [6.07, 6.45) is 7.49. The highest BCUT2D eigenvalue weighted by molar-refractivity contribution is 7.83. The molecule has 5 rings (SSSR count). The molecule has 1 aliphatic rings. The first kappa shape index (κ1) is 21.4. The first-order chi connectivity index (χ1) is 16.0. The van der Waals surface area contributed by atoms with Crippen LogP contribution in [0.5, 0.6) is 0 Å². The van der Waals surface area contributed by atoms with E-state index in [9.17, 15) is 8.60 Å². The Labute approximate surface area is 192 Å². The fraction of sp³-hybridized carbons (Fsp3) is 0.304. The average molecular weight is 464 g/mol. The minimum Gasteiger partial charge on any atom is -0.336 e. The number of halogens is 1. The predicted molar refractivity (Wildman–Crippen MR) is 123 cm³/mol. The zero-order valence-electron chi connectivity index (χ0n) is 18.0. The van der Waals surface area contributed by atoms with Crippen LogP contribution in [0.15, 0.2) is 42.9 Å². The molecular weight excluding hydrogens is 441 g/mol. The van der Waals surface area contributed by atoms with Gasteiger partial charge >= 0.3 is 0 Å². The molecule has 0 bridgehead atoms. The van der Waals surface area contributed by atoms with Gasteiger partial charge in [0.2, 0.25) is 0 Å². The predicted octanol–water partition coefficient (Wildman–Crippen LogP) is 3.61. The van der Waals surface area contributed by atoms with Gasteiger partial charge < -0.3 is 4.98 Å². The van der Waals surface area contributed by atoms with E-state index in [0.717, 1.165) is 29.5 Å². The summed E-state index contributed by atoms with van der Waals surface area (Å²) in [6.45, 7) is 0.155. The molecule has 3 aromatic heterocycles. The number of hydrogen-bond donors (Lipinski definition) is 2. The van der Waals surface area contributed by atoms with Crippen molar-refractivity contribution in [3.8, 4) is 28.6 Å². The maximum Gasteiger partial charge on any atom is 0.178 e. The average Bonchev–Trinajstić information content (AvgIpc) is 3.19. The molecule has 0 spiro atoms. The van der Waals surface area contributed by atoms with Crippen molar-refractivity contribution in [2.75, 3.05) is 5.75 Å². The maximum atomic E-state index is 14.9. The Hall–Kier alpha value is -3.42. The summed E-state index contributed by atoms with van der Waals surface area (Å²) in [7, 11) is 0.527. The second-order valence-electron chi connectivity index (χ2n) is 8.50. The number of hydrogen-bond acceptors (Lipinski definition) is 5. The number of aryl methyl sites for hydroxylation is 1. The Morgan fingerprint density at radius 2 is 2.18 bits per heavy atom. The zero-order chi connectivity index (χ0) is 23.0. The highest BCUT2D eigenvalue weighted by Gasteiger charge is 2.43. The Morgan fingerprint density at radius 1 is 1.33 bits per heavy atom. The van der Waals surface area contributed by atoms with Gasteiger partial charge in [0.15, 0.2) is 5.65 Å². The minimum atomic E-state index is -1.31. The van der Waals surface area contributed by atoms with Crippen molar-refractivity contribution in [1.29, 1.82) is 5.26 Å². The summed E-state index contributed by atoms with van der Waals surface area (Å²) in [5, 5.41) is 13.1. The van der Waals surface area contributed by atoms with E-state index in [1.807, 2.05) is 25.4 Å². The fourth-order valence-electron chi connectivity index (χ4n) is 3.89. The minimum absolute atomic E-state index is 0.125. The number of pyridine rings is 1. The topological polar surface area (TPSA) is 112 Å². The molecule has 0 amide bonds. The lowest BCUT2D eigenvalue weighted by molar-refractivity contribution is 0.579. The summed E-state index contributed by atoms with van der Waals surface area (Å²) >= 11 is 0. The first-order valence-electron chi connectivity index (χ1n) is 10.6. The Kier molecular flexibility index (Phi) is 5.52. The fourth-order valence-corrected chi connectivity index (χ4v) is 5.26. The maximum absolute atomic E-state index is 14.9.